The van der Waals surface area contributed by atoms with Gasteiger partial charge in [0.25, 0.3) is 5.91 Å². The fraction of sp³-hybridized carbons (Fsp3) is 0.400. The molecular formula is C15H17FN2O4. The van der Waals surface area contributed by atoms with Gasteiger partial charge in [0, 0.05) is 6.54 Å². The second-order valence-corrected chi connectivity index (χ2v) is 4.98. The smallest absolute Gasteiger partial charge is 0.325 e. The summed E-state index contributed by atoms with van der Waals surface area (Å²) in [5, 5.41) is 2.66. The Kier molecular flexibility index (Phi) is 4.44. The predicted molar refractivity (Wildman–Crippen MR) is 75.2 cm³/mol. The van der Waals surface area contributed by atoms with Crippen LogP contribution in [0.1, 0.15) is 25.3 Å². The molecule has 1 aromatic rings. The number of halogens is 1. The number of urea groups is 1. The van der Waals surface area contributed by atoms with Gasteiger partial charge in [-0.3, -0.25) is 14.5 Å². The van der Waals surface area contributed by atoms with Crippen molar-refractivity contribution in [3.8, 4) is 0 Å². The number of imide groups is 1. The largest absolute Gasteiger partial charge is 0.469 e. The zero-order valence-corrected chi connectivity index (χ0v) is 12.4. The van der Waals surface area contributed by atoms with Crippen molar-refractivity contribution in [2.24, 2.45) is 0 Å². The number of carbonyl (C=O) groups is 3. The molecule has 0 bridgehead atoms. The maximum absolute atomic E-state index is 13.1. The summed E-state index contributed by atoms with van der Waals surface area (Å²) in [5.41, 5.74) is -0.712. The number of hydrogen-bond acceptors (Lipinski definition) is 4. The summed E-state index contributed by atoms with van der Waals surface area (Å²) in [7, 11) is 1.24. The van der Waals surface area contributed by atoms with E-state index in [1.165, 1.54) is 31.4 Å². The molecule has 0 aliphatic carbocycles. The SMILES string of the molecule is CC[C@]1(c2ccc(F)cc2)NC(=O)N(CCC(=O)OC)C1=O. The average Bonchev–Trinajstić information content (AvgIpc) is 2.77. The second-order valence-electron chi connectivity index (χ2n) is 4.98. The number of nitrogens with one attached hydrogen (secondary N) is 1. The Balaban J connectivity index is 2.27. The van der Waals surface area contributed by atoms with E-state index in [4.69, 9.17) is 0 Å². The molecule has 0 saturated carbocycles. The van der Waals surface area contributed by atoms with Gasteiger partial charge in [0.15, 0.2) is 0 Å². The monoisotopic (exact) mass is 308 g/mol. The first-order chi connectivity index (χ1) is 10.4. The summed E-state index contributed by atoms with van der Waals surface area (Å²) in [6.45, 7) is 1.70. The van der Waals surface area contributed by atoms with Crippen LogP contribution in [0.5, 0.6) is 0 Å². The number of ether oxygens (including phenoxy) is 1. The molecule has 0 spiro atoms. The van der Waals surface area contributed by atoms with Crippen molar-refractivity contribution in [2.75, 3.05) is 13.7 Å². The first kappa shape index (κ1) is 15.9. The first-order valence-corrected chi connectivity index (χ1v) is 6.91. The van der Waals surface area contributed by atoms with E-state index in [1.807, 2.05) is 0 Å². The average molecular weight is 308 g/mol. The lowest BCUT2D eigenvalue weighted by Crippen LogP contribution is -2.43. The molecule has 6 nitrogen and oxygen atoms in total. The third-order valence-corrected chi connectivity index (χ3v) is 3.81. The van der Waals surface area contributed by atoms with Gasteiger partial charge in [-0.1, -0.05) is 19.1 Å². The minimum Gasteiger partial charge on any atom is -0.469 e. The number of carbonyl (C=O) groups excluding carboxylic acids is 3. The van der Waals surface area contributed by atoms with E-state index in [2.05, 4.69) is 10.1 Å². The molecule has 1 N–H and O–H groups in total. The third-order valence-electron chi connectivity index (χ3n) is 3.81. The number of methoxy groups -OCH3 is 1. The molecular weight excluding hydrogens is 291 g/mol. The van der Waals surface area contributed by atoms with E-state index in [-0.39, 0.29) is 13.0 Å². The van der Waals surface area contributed by atoms with Crippen molar-refractivity contribution in [1.29, 1.82) is 0 Å². The Morgan fingerprint density at radius 2 is 1.95 bits per heavy atom. The summed E-state index contributed by atoms with van der Waals surface area (Å²) < 4.78 is 17.6. The highest BCUT2D eigenvalue weighted by molar-refractivity contribution is 6.07. The summed E-state index contributed by atoms with van der Waals surface area (Å²) in [5.74, 6) is -1.37. The van der Waals surface area contributed by atoms with Gasteiger partial charge in [-0.2, -0.15) is 0 Å². The summed E-state index contributed by atoms with van der Waals surface area (Å²) in [6, 6.07) is 4.86. The quantitative estimate of drug-likeness (QED) is 0.661. The van der Waals surface area contributed by atoms with Crippen molar-refractivity contribution in [1.82, 2.24) is 10.2 Å². The Bertz CT molecular complexity index is 602. The van der Waals surface area contributed by atoms with Gasteiger partial charge < -0.3 is 10.1 Å². The van der Waals surface area contributed by atoms with Crippen LogP contribution in [-0.2, 0) is 19.9 Å². The lowest BCUT2D eigenvalue weighted by Gasteiger charge is -2.25. The Hall–Kier alpha value is -2.44. The van der Waals surface area contributed by atoms with Crippen LogP contribution in [0.25, 0.3) is 0 Å². The Morgan fingerprint density at radius 3 is 2.50 bits per heavy atom. The second kappa shape index (κ2) is 6.13. The summed E-state index contributed by atoms with van der Waals surface area (Å²) in [6.07, 6.45) is 0.247. The van der Waals surface area contributed by atoms with E-state index in [1.54, 1.807) is 6.92 Å². The standard InChI is InChI=1S/C15H17FN2O4/c1-3-15(10-4-6-11(16)7-5-10)13(20)18(14(21)17-15)9-8-12(19)22-2/h4-7H,3,8-9H2,1-2H3,(H,17,21)/t15-/m1/s1. The molecule has 0 aromatic heterocycles. The van der Waals surface area contributed by atoms with E-state index >= 15 is 0 Å². The predicted octanol–water partition coefficient (Wildman–Crippen LogP) is 1.55. The highest BCUT2D eigenvalue weighted by Crippen LogP contribution is 2.32. The molecule has 1 aliphatic heterocycles. The van der Waals surface area contributed by atoms with Gasteiger partial charge in [0.05, 0.1) is 13.5 Å². The van der Waals surface area contributed by atoms with Gasteiger partial charge in [0.1, 0.15) is 11.4 Å². The van der Waals surface area contributed by atoms with Crippen LogP contribution in [0.15, 0.2) is 24.3 Å². The number of nitrogens with zero attached hydrogens (tertiary/aromatic N) is 1. The maximum Gasteiger partial charge on any atom is 0.325 e. The van der Waals surface area contributed by atoms with Crippen molar-refractivity contribution in [3.05, 3.63) is 35.6 Å². The molecule has 22 heavy (non-hydrogen) atoms. The number of esters is 1. The molecule has 0 unspecified atom stereocenters. The lowest BCUT2D eigenvalue weighted by atomic mass is 9.87. The first-order valence-electron chi connectivity index (χ1n) is 6.91. The van der Waals surface area contributed by atoms with Gasteiger partial charge >= 0.3 is 12.0 Å². The van der Waals surface area contributed by atoms with Crippen LogP contribution in [-0.4, -0.2) is 36.5 Å². The fourth-order valence-electron chi connectivity index (χ4n) is 2.51. The summed E-state index contributed by atoms with van der Waals surface area (Å²) in [4.78, 5) is 36.9. The van der Waals surface area contributed by atoms with E-state index < -0.39 is 29.3 Å². The zero-order chi connectivity index (χ0) is 16.3. The molecule has 7 heteroatoms. The van der Waals surface area contributed by atoms with Crippen molar-refractivity contribution in [2.45, 2.75) is 25.3 Å². The molecule has 1 heterocycles. The molecule has 1 fully saturated rings. The highest BCUT2D eigenvalue weighted by atomic mass is 19.1. The number of amides is 3. The number of benzene rings is 1. The molecule has 3 amide bonds. The normalized spacial score (nSPS) is 21.0. The topological polar surface area (TPSA) is 75.7 Å². The molecule has 1 saturated heterocycles. The number of rotatable bonds is 5. The minimum absolute atomic E-state index is 0.0553. The van der Waals surface area contributed by atoms with E-state index in [9.17, 15) is 18.8 Å². The van der Waals surface area contributed by atoms with Gasteiger partial charge in [0.2, 0.25) is 0 Å². The third kappa shape index (κ3) is 2.66. The summed E-state index contributed by atoms with van der Waals surface area (Å²) >= 11 is 0. The molecule has 2 rings (SSSR count). The van der Waals surface area contributed by atoms with E-state index in [0.717, 1.165) is 4.90 Å². The molecule has 1 atom stereocenters. The van der Waals surface area contributed by atoms with Crippen LogP contribution >= 0.6 is 0 Å². The lowest BCUT2D eigenvalue weighted by molar-refractivity contribution is -0.141. The van der Waals surface area contributed by atoms with Gasteiger partial charge in [-0.15, -0.1) is 0 Å². The maximum atomic E-state index is 13.1. The Morgan fingerprint density at radius 1 is 1.32 bits per heavy atom. The minimum atomic E-state index is -1.22. The van der Waals surface area contributed by atoms with Gasteiger partial charge in [-0.05, 0) is 24.1 Å². The van der Waals surface area contributed by atoms with Crippen LogP contribution in [0.2, 0.25) is 0 Å². The van der Waals surface area contributed by atoms with Crippen molar-refractivity contribution < 1.29 is 23.5 Å². The van der Waals surface area contributed by atoms with Crippen LogP contribution in [0.4, 0.5) is 9.18 Å². The fourth-order valence-corrected chi connectivity index (χ4v) is 2.51. The molecule has 1 aliphatic rings. The molecule has 0 radical (unpaired) electrons. The molecule has 118 valence electrons. The van der Waals surface area contributed by atoms with Crippen molar-refractivity contribution in [3.63, 3.8) is 0 Å². The van der Waals surface area contributed by atoms with Crippen molar-refractivity contribution >= 4 is 17.9 Å². The van der Waals surface area contributed by atoms with Crippen LogP contribution in [0, 0.1) is 5.82 Å². The van der Waals surface area contributed by atoms with E-state index in [0.29, 0.717) is 12.0 Å². The molecule has 1 aromatic carbocycles. The van der Waals surface area contributed by atoms with Gasteiger partial charge in [-0.25, -0.2) is 9.18 Å². The number of hydrogen-bond donors (Lipinski definition) is 1. The Labute approximate surface area is 127 Å². The highest BCUT2D eigenvalue weighted by Gasteiger charge is 2.51. The van der Waals surface area contributed by atoms with Crippen LogP contribution in [0.3, 0.4) is 0 Å². The van der Waals surface area contributed by atoms with Crippen LogP contribution < -0.4 is 5.32 Å². The zero-order valence-electron chi connectivity index (χ0n) is 12.4.